The quantitative estimate of drug-likeness (QED) is 0.128. The maximum atomic E-state index is 13.8. The molecular formula is C37H53N7O6. The molecule has 0 aliphatic carbocycles. The average molecular weight is 692 g/mol. The van der Waals surface area contributed by atoms with Gasteiger partial charge in [-0.1, -0.05) is 87.2 Å². The second-order valence-corrected chi connectivity index (χ2v) is 12.7. The van der Waals surface area contributed by atoms with Gasteiger partial charge < -0.3 is 35.5 Å². The number of hydrogen-bond donors (Lipinski definition) is 3. The van der Waals surface area contributed by atoms with Crippen LogP contribution in [0.1, 0.15) is 64.4 Å². The fourth-order valence-corrected chi connectivity index (χ4v) is 5.84. The van der Waals surface area contributed by atoms with Crippen molar-refractivity contribution in [3.8, 4) is 22.5 Å². The first-order valence-electron chi connectivity index (χ1n) is 17.8. The zero-order chi connectivity index (χ0) is 35.6. The molecule has 0 saturated carbocycles. The van der Waals surface area contributed by atoms with Gasteiger partial charge in [0.1, 0.15) is 5.69 Å². The van der Waals surface area contributed by atoms with Crippen molar-refractivity contribution in [2.75, 3.05) is 57.6 Å². The molecule has 0 spiro atoms. The Kier molecular flexibility index (Phi) is 16.2. The molecular weight excluding hydrogens is 638 g/mol. The predicted molar refractivity (Wildman–Crippen MR) is 192 cm³/mol. The number of unbranched alkanes of at least 4 members (excludes halogenated alkanes) is 3. The number of primary amides is 1. The Hall–Kier alpha value is -4.33. The molecule has 1 aliphatic rings. The molecule has 2 heterocycles. The Morgan fingerprint density at radius 3 is 2.24 bits per heavy atom. The van der Waals surface area contributed by atoms with Crippen molar-refractivity contribution in [2.24, 2.45) is 11.7 Å². The molecule has 4 N–H and O–H groups in total. The van der Waals surface area contributed by atoms with Crippen LogP contribution < -0.4 is 21.3 Å². The molecule has 1 aromatic heterocycles. The lowest BCUT2D eigenvalue weighted by Gasteiger charge is -2.28. The van der Waals surface area contributed by atoms with Crippen LogP contribution in [0, 0.1) is 5.92 Å². The van der Waals surface area contributed by atoms with E-state index in [1.165, 1.54) is 19.3 Å². The van der Waals surface area contributed by atoms with Crippen LogP contribution >= 0.6 is 0 Å². The number of rotatable bonds is 22. The van der Waals surface area contributed by atoms with Gasteiger partial charge in [0, 0.05) is 37.1 Å². The van der Waals surface area contributed by atoms with Gasteiger partial charge in [0.2, 0.25) is 11.8 Å². The topological polar surface area (TPSA) is 163 Å². The van der Waals surface area contributed by atoms with E-state index in [-0.39, 0.29) is 24.7 Å². The summed E-state index contributed by atoms with van der Waals surface area (Å²) in [7, 11) is 0. The molecule has 1 aliphatic heterocycles. The number of nitrogens with zero attached hydrogens (tertiary/aromatic N) is 4. The maximum absolute atomic E-state index is 13.8. The molecule has 50 heavy (non-hydrogen) atoms. The van der Waals surface area contributed by atoms with E-state index in [0.29, 0.717) is 71.5 Å². The third-order valence-electron chi connectivity index (χ3n) is 8.42. The largest absolute Gasteiger partial charge is 0.377 e. The number of amides is 4. The summed E-state index contributed by atoms with van der Waals surface area (Å²) in [5.41, 5.74) is 10.0. The zero-order valence-corrected chi connectivity index (χ0v) is 29.5. The Balaban J connectivity index is 1.32. The summed E-state index contributed by atoms with van der Waals surface area (Å²) >= 11 is 0. The summed E-state index contributed by atoms with van der Waals surface area (Å²) < 4.78 is 18.6. The number of anilines is 1. The van der Waals surface area contributed by atoms with Gasteiger partial charge >= 0.3 is 6.03 Å². The summed E-state index contributed by atoms with van der Waals surface area (Å²) in [5.74, 6) is 0.514. The average Bonchev–Trinajstić information content (AvgIpc) is 3.51. The standard InChI is InChI=1S/C37H53N7O6/c1-28(2)11-5-3-4-10-18-39-33(45)16-17-34(46)43-27-29-12-6-7-13-30(29)36-35(31-14-8-9-15-32(31)43)41-42-44(36)20-22-49-24-26-50-25-23-48-21-19-40-37(38)47/h6-9,12-15,28H,3-5,10-11,16-27H2,1-2H3,(H,39,45)(H3,38,40,47). The van der Waals surface area contributed by atoms with Gasteiger partial charge in [-0.3, -0.25) is 9.59 Å². The van der Waals surface area contributed by atoms with Crippen LogP contribution in [0.3, 0.4) is 0 Å². The van der Waals surface area contributed by atoms with Crippen molar-refractivity contribution in [3.63, 3.8) is 0 Å². The maximum Gasteiger partial charge on any atom is 0.312 e. The SMILES string of the molecule is CC(C)CCCCCCNC(=O)CCC(=O)N1Cc2ccccc2-c2c(nnn2CCOCCOCCOCCNC(N)=O)-c2ccccc21. The van der Waals surface area contributed by atoms with E-state index in [4.69, 9.17) is 19.9 Å². The van der Waals surface area contributed by atoms with Gasteiger partial charge in [0.05, 0.1) is 64.1 Å². The number of nitrogens with two attached hydrogens (primary N) is 1. The minimum absolute atomic E-state index is 0.0965. The first-order chi connectivity index (χ1) is 24.3. The number of ether oxygens (including phenoxy) is 3. The number of fused-ring (bicyclic) bond motifs is 5. The minimum Gasteiger partial charge on any atom is -0.377 e. The number of urea groups is 1. The van der Waals surface area contributed by atoms with Crippen molar-refractivity contribution >= 4 is 23.5 Å². The molecule has 3 aromatic rings. The van der Waals surface area contributed by atoms with E-state index in [1.54, 1.807) is 4.90 Å². The summed E-state index contributed by atoms with van der Waals surface area (Å²) in [4.78, 5) is 38.8. The summed E-state index contributed by atoms with van der Waals surface area (Å²) in [5, 5.41) is 14.6. The highest BCUT2D eigenvalue weighted by molar-refractivity contribution is 6.01. The number of hydrogen-bond acceptors (Lipinski definition) is 8. The van der Waals surface area contributed by atoms with Crippen LogP contribution in [0.5, 0.6) is 0 Å². The molecule has 13 nitrogen and oxygen atoms in total. The van der Waals surface area contributed by atoms with Crippen molar-refractivity contribution in [2.45, 2.75) is 71.9 Å². The van der Waals surface area contributed by atoms with Crippen molar-refractivity contribution in [3.05, 3.63) is 54.1 Å². The van der Waals surface area contributed by atoms with Gasteiger partial charge in [-0.25, -0.2) is 9.48 Å². The fourth-order valence-electron chi connectivity index (χ4n) is 5.84. The number of benzene rings is 2. The lowest BCUT2D eigenvalue weighted by molar-refractivity contribution is -0.125. The number of carbonyl (C=O) groups excluding carboxylic acids is 3. The van der Waals surface area contributed by atoms with Crippen LogP contribution in [0.4, 0.5) is 10.5 Å². The fraction of sp³-hybridized carbons (Fsp3) is 0.541. The van der Waals surface area contributed by atoms with Crippen molar-refractivity contribution in [1.29, 1.82) is 0 Å². The molecule has 0 unspecified atom stereocenters. The minimum atomic E-state index is -0.575. The summed E-state index contributed by atoms with van der Waals surface area (Å²) in [6, 6.07) is 15.1. The van der Waals surface area contributed by atoms with Gasteiger partial charge in [-0.05, 0) is 24.0 Å². The predicted octanol–water partition coefficient (Wildman–Crippen LogP) is 4.68. The molecule has 0 fully saturated rings. The second kappa shape index (κ2) is 21.0. The number of nitrogens with one attached hydrogen (secondary N) is 2. The van der Waals surface area contributed by atoms with Crippen molar-refractivity contribution in [1.82, 2.24) is 25.6 Å². The third-order valence-corrected chi connectivity index (χ3v) is 8.42. The molecule has 2 aromatic carbocycles. The summed E-state index contributed by atoms with van der Waals surface area (Å²) in [6.07, 6.45) is 5.95. The van der Waals surface area contributed by atoms with Crippen LogP contribution in [-0.2, 0) is 36.9 Å². The smallest absolute Gasteiger partial charge is 0.312 e. The zero-order valence-electron chi connectivity index (χ0n) is 29.5. The second-order valence-electron chi connectivity index (χ2n) is 12.7. The molecule has 0 bridgehead atoms. The first kappa shape index (κ1) is 38.5. The number of para-hydroxylation sites is 1. The highest BCUT2D eigenvalue weighted by Gasteiger charge is 2.29. The van der Waals surface area contributed by atoms with E-state index in [1.807, 2.05) is 53.2 Å². The first-order valence-corrected chi connectivity index (χ1v) is 17.8. The Morgan fingerprint density at radius 2 is 1.48 bits per heavy atom. The van der Waals surface area contributed by atoms with E-state index < -0.39 is 6.03 Å². The Labute approximate surface area is 295 Å². The highest BCUT2D eigenvalue weighted by atomic mass is 16.5. The van der Waals surface area contributed by atoms with E-state index >= 15 is 0 Å². The van der Waals surface area contributed by atoms with Crippen LogP contribution in [0.25, 0.3) is 22.5 Å². The van der Waals surface area contributed by atoms with Crippen LogP contribution in [-0.4, -0.2) is 85.6 Å². The normalized spacial score (nSPS) is 12.1. The van der Waals surface area contributed by atoms with Gasteiger partial charge in [0.15, 0.2) is 0 Å². The molecule has 272 valence electrons. The molecule has 13 heteroatoms. The molecule has 0 atom stereocenters. The summed E-state index contributed by atoms with van der Waals surface area (Å²) in [6.45, 7) is 8.73. The Morgan fingerprint density at radius 1 is 0.800 bits per heavy atom. The monoisotopic (exact) mass is 691 g/mol. The van der Waals surface area contributed by atoms with E-state index in [9.17, 15) is 14.4 Å². The number of aromatic nitrogens is 3. The van der Waals surface area contributed by atoms with Gasteiger partial charge in [-0.2, -0.15) is 0 Å². The lowest BCUT2D eigenvalue weighted by atomic mass is 9.95. The third kappa shape index (κ3) is 12.2. The van der Waals surface area contributed by atoms with Gasteiger partial charge in [-0.15, -0.1) is 5.10 Å². The van der Waals surface area contributed by atoms with Crippen LogP contribution in [0.2, 0.25) is 0 Å². The lowest BCUT2D eigenvalue weighted by Crippen LogP contribution is -2.33. The molecule has 4 amide bonds. The molecule has 4 rings (SSSR count). The van der Waals surface area contributed by atoms with E-state index in [0.717, 1.165) is 46.8 Å². The Bertz CT molecular complexity index is 1510. The van der Waals surface area contributed by atoms with E-state index in [2.05, 4.69) is 34.8 Å². The highest BCUT2D eigenvalue weighted by Crippen LogP contribution is 2.41. The van der Waals surface area contributed by atoms with Crippen molar-refractivity contribution < 1.29 is 28.6 Å². The van der Waals surface area contributed by atoms with Crippen LogP contribution in [0.15, 0.2) is 48.5 Å². The molecule has 0 radical (unpaired) electrons. The molecule has 0 saturated heterocycles. The van der Waals surface area contributed by atoms with Gasteiger partial charge in [0.25, 0.3) is 0 Å². The number of carbonyl (C=O) groups is 3.